The molecule has 8 heteroatoms. The number of rotatable bonds is 5. The number of ether oxygens (including phenoxy) is 1. The third kappa shape index (κ3) is 2.95. The molecule has 22 heavy (non-hydrogen) atoms. The van der Waals surface area contributed by atoms with Crippen molar-refractivity contribution in [2.45, 2.75) is 31.4 Å². The minimum absolute atomic E-state index is 0.0868. The summed E-state index contributed by atoms with van der Waals surface area (Å²) >= 11 is 0. The van der Waals surface area contributed by atoms with Gasteiger partial charge >= 0.3 is 6.03 Å². The van der Waals surface area contributed by atoms with Crippen LogP contribution in [0.2, 0.25) is 0 Å². The van der Waals surface area contributed by atoms with E-state index in [2.05, 4.69) is 20.4 Å². The SMILES string of the molecule is O=C(NCc1ccnc(OCF)c1)N[C@@H]1C2CCC(F)(F)C21. The van der Waals surface area contributed by atoms with Crippen molar-refractivity contribution in [2.24, 2.45) is 11.8 Å². The number of nitrogens with zero attached hydrogens (tertiary/aromatic N) is 1. The molecule has 5 nitrogen and oxygen atoms in total. The molecule has 0 spiro atoms. The second-order valence-corrected chi connectivity index (χ2v) is 5.60. The van der Waals surface area contributed by atoms with Gasteiger partial charge in [-0.2, -0.15) is 0 Å². The number of carbonyl (C=O) groups is 1. The standard InChI is InChI=1S/C14H16F3N3O2/c15-7-22-10-5-8(2-4-18-10)6-19-13(21)20-12-9-1-3-14(16,17)11(9)12/h2,4-5,9,11-12H,1,3,6-7H2,(H2,19,20,21)/t9?,11?,12-/m1/s1. The van der Waals surface area contributed by atoms with Gasteiger partial charge in [-0.3, -0.25) is 0 Å². The van der Waals surface area contributed by atoms with E-state index in [9.17, 15) is 18.0 Å². The van der Waals surface area contributed by atoms with Crippen molar-refractivity contribution in [2.75, 3.05) is 6.86 Å². The number of nitrogens with one attached hydrogen (secondary N) is 2. The fraction of sp³-hybridized carbons (Fsp3) is 0.571. The van der Waals surface area contributed by atoms with Gasteiger partial charge in [-0.05, 0) is 24.0 Å². The van der Waals surface area contributed by atoms with Crippen LogP contribution in [0.4, 0.5) is 18.0 Å². The van der Waals surface area contributed by atoms with Gasteiger partial charge in [0.1, 0.15) is 0 Å². The molecule has 1 heterocycles. The number of hydrogen-bond acceptors (Lipinski definition) is 3. The third-order valence-corrected chi connectivity index (χ3v) is 4.22. The summed E-state index contributed by atoms with van der Waals surface area (Å²) in [7, 11) is 0. The fourth-order valence-electron chi connectivity index (χ4n) is 3.11. The molecule has 1 aromatic heterocycles. The Morgan fingerprint density at radius 3 is 3.00 bits per heavy atom. The summed E-state index contributed by atoms with van der Waals surface area (Å²) in [6.07, 6.45) is 1.80. The second kappa shape index (κ2) is 5.66. The van der Waals surface area contributed by atoms with Gasteiger partial charge in [-0.15, -0.1) is 0 Å². The van der Waals surface area contributed by atoms with E-state index in [4.69, 9.17) is 0 Å². The number of alkyl halides is 3. The third-order valence-electron chi connectivity index (χ3n) is 4.22. The summed E-state index contributed by atoms with van der Waals surface area (Å²) in [6.45, 7) is -0.807. The highest BCUT2D eigenvalue weighted by Crippen LogP contribution is 2.59. The van der Waals surface area contributed by atoms with Crippen molar-refractivity contribution in [3.05, 3.63) is 23.9 Å². The number of amides is 2. The maximum atomic E-state index is 13.4. The second-order valence-electron chi connectivity index (χ2n) is 5.60. The highest BCUT2D eigenvalue weighted by Gasteiger charge is 2.68. The molecule has 0 bridgehead atoms. The minimum Gasteiger partial charge on any atom is -0.446 e. The molecule has 2 aliphatic rings. The van der Waals surface area contributed by atoms with Crippen LogP contribution in [0.25, 0.3) is 0 Å². The molecule has 2 saturated carbocycles. The monoisotopic (exact) mass is 315 g/mol. The molecule has 2 unspecified atom stereocenters. The van der Waals surface area contributed by atoms with Crippen LogP contribution in [0, 0.1) is 11.8 Å². The number of halogens is 3. The molecule has 2 fully saturated rings. The normalized spacial score (nSPS) is 27.9. The van der Waals surface area contributed by atoms with E-state index in [0.29, 0.717) is 12.0 Å². The Bertz CT molecular complexity index is 570. The molecule has 0 saturated heterocycles. The highest BCUT2D eigenvalue weighted by atomic mass is 19.3. The van der Waals surface area contributed by atoms with Gasteiger partial charge < -0.3 is 15.4 Å². The van der Waals surface area contributed by atoms with Gasteiger partial charge in [-0.25, -0.2) is 22.9 Å². The van der Waals surface area contributed by atoms with Gasteiger partial charge in [-0.1, -0.05) is 0 Å². The number of hydrogen-bond donors (Lipinski definition) is 2. The fourth-order valence-corrected chi connectivity index (χ4v) is 3.11. The number of urea groups is 1. The van der Waals surface area contributed by atoms with Gasteiger partial charge in [0.25, 0.3) is 5.92 Å². The Hall–Kier alpha value is -1.99. The van der Waals surface area contributed by atoms with Crippen LogP contribution in [0.3, 0.4) is 0 Å². The minimum atomic E-state index is -2.66. The van der Waals surface area contributed by atoms with Crippen molar-refractivity contribution in [1.29, 1.82) is 0 Å². The van der Waals surface area contributed by atoms with E-state index >= 15 is 0 Å². The van der Waals surface area contributed by atoms with Crippen LogP contribution >= 0.6 is 0 Å². The van der Waals surface area contributed by atoms with Crippen LogP contribution in [0.5, 0.6) is 5.88 Å². The molecule has 0 aromatic carbocycles. The zero-order valence-electron chi connectivity index (χ0n) is 11.7. The number of carbonyl (C=O) groups excluding carboxylic acids is 1. The molecule has 3 atom stereocenters. The van der Waals surface area contributed by atoms with Crippen molar-refractivity contribution in [3.8, 4) is 5.88 Å². The molecule has 3 rings (SSSR count). The number of aromatic nitrogens is 1. The lowest BCUT2D eigenvalue weighted by atomic mass is 10.2. The first-order chi connectivity index (χ1) is 10.5. The predicted molar refractivity (Wildman–Crippen MR) is 71.2 cm³/mol. The van der Waals surface area contributed by atoms with Gasteiger partial charge in [0.15, 0.2) is 0 Å². The summed E-state index contributed by atoms with van der Waals surface area (Å²) in [5.41, 5.74) is 0.676. The molecule has 0 aliphatic heterocycles. The van der Waals surface area contributed by atoms with E-state index in [1.54, 1.807) is 6.07 Å². The molecule has 0 radical (unpaired) electrons. The zero-order valence-corrected chi connectivity index (χ0v) is 11.7. The maximum Gasteiger partial charge on any atom is 0.315 e. The number of pyridine rings is 1. The lowest BCUT2D eigenvalue weighted by Crippen LogP contribution is -2.39. The van der Waals surface area contributed by atoms with Crippen molar-refractivity contribution >= 4 is 6.03 Å². The molecular weight excluding hydrogens is 299 g/mol. The van der Waals surface area contributed by atoms with Crippen LogP contribution < -0.4 is 15.4 Å². The van der Waals surface area contributed by atoms with Gasteiger partial charge in [0.2, 0.25) is 12.7 Å². The molecular formula is C14H16F3N3O2. The lowest BCUT2D eigenvalue weighted by molar-refractivity contribution is -0.0176. The Morgan fingerprint density at radius 1 is 1.50 bits per heavy atom. The molecule has 2 aliphatic carbocycles. The summed E-state index contributed by atoms with van der Waals surface area (Å²) < 4.78 is 43.5. The smallest absolute Gasteiger partial charge is 0.315 e. The zero-order chi connectivity index (χ0) is 15.7. The Morgan fingerprint density at radius 2 is 2.32 bits per heavy atom. The lowest BCUT2D eigenvalue weighted by Gasteiger charge is -2.14. The van der Waals surface area contributed by atoms with Crippen LogP contribution in [0.15, 0.2) is 18.3 Å². The van der Waals surface area contributed by atoms with Gasteiger partial charge in [0, 0.05) is 37.2 Å². The maximum absolute atomic E-state index is 13.4. The van der Waals surface area contributed by atoms with Crippen LogP contribution in [-0.4, -0.2) is 29.8 Å². The Labute approximate surface area is 125 Å². The topological polar surface area (TPSA) is 63.2 Å². The molecule has 2 amide bonds. The van der Waals surface area contributed by atoms with Crippen LogP contribution in [-0.2, 0) is 6.54 Å². The highest BCUT2D eigenvalue weighted by molar-refractivity contribution is 5.74. The van der Waals surface area contributed by atoms with E-state index in [1.165, 1.54) is 12.3 Å². The van der Waals surface area contributed by atoms with E-state index in [0.717, 1.165) is 0 Å². The van der Waals surface area contributed by atoms with Crippen molar-refractivity contribution in [1.82, 2.24) is 15.6 Å². The first-order valence-electron chi connectivity index (χ1n) is 7.07. The quantitative estimate of drug-likeness (QED) is 0.876. The van der Waals surface area contributed by atoms with Gasteiger partial charge in [0.05, 0.1) is 0 Å². The Balaban J connectivity index is 1.46. The predicted octanol–water partition coefficient (Wildman–Crippen LogP) is 2.23. The largest absolute Gasteiger partial charge is 0.446 e. The average Bonchev–Trinajstić information content (AvgIpc) is 3.07. The average molecular weight is 315 g/mol. The molecule has 1 aromatic rings. The van der Waals surface area contributed by atoms with E-state index in [1.807, 2.05) is 0 Å². The summed E-state index contributed by atoms with van der Waals surface area (Å²) in [5.74, 6) is -3.36. The first-order valence-corrected chi connectivity index (χ1v) is 7.07. The van der Waals surface area contributed by atoms with Crippen molar-refractivity contribution in [3.63, 3.8) is 0 Å². The summed E-state index contributed by atoms with van der Waals surface area (Å²) in [5, 5.41) is 5.17. The van der Waals surface area contributed by atoms with E-state index < -0.39 is 30.8 Å². The first kappa shape index (κ1) is 14.9. The van der Waals surface area contributed by atoms with Crippen molar-refractivity contribution < 1.29 is 22.7 Å². The van der Waals surface area contributed by atoms with E-state index in [-0.39, 0.29) is 24.8 Å². The Kier molecular flexibility index (Phi) is 3.84. The molecule has 120 valence electrons. The molecule has 2 N–H and O–H groups in total. The summed E-state index contributed by atoms with van der Waals surface area (Å²) in [4.78, 5) is 15.5. The summed E-state index contributed by atoms with van der Waals surface area (Å²) in [6, 6.07) is 2.22. The van der Waals surface area contributed by atoms with Crippen LogP contribution in [0.1, 0.15) is 18.4 Å². The number of fused-ring (bicyclic) bond motifs is 1.